The maximum atomic E-state index is 10.5. The quantitative estimate of drug-likeness (QED) is 0.507. The summed E-state index contributed by atoms with van der Waals surface area (Å²) in [4.78, 5) is 31.7. The average molecular weight is 260 g/mol. The monoisotopic (exact) mass is 258 g/mol. The second kappa shape index (κ2) is 5.83. The zero-order chi connectivity index (χ0) is 9.84. The molecule has 0 aliphatic carbocycles. The maximum absolute atomic E-state index is 10.5. The molecule has 0 aliphatic rings. The van der Waals surface area contributed by atoms with Crippen LogP contribution in [0.1, 0.15) is 31.1 Å². The van der Waals surface area contributed by atoms with Crippen LogP contribution in [0.3, 0.4) is 0 Å². The molecular formula is C9H6O3SZn+2. The van der Waals surface area contributed by atoms with E-state index in [0.717, 1.165) is 0 Å². The molecule has 0 amide bonds. The van der Waals surface area contributed by atoms with Gasteiger partial charge in [0.25, 0.3) is 0 Å². The van der Waals surface area contributed by atoms with Crippen molar-refractivity contribution in [1.29, 1.82) is 0 Å². The molecule has 0 aliphatic heterocycles. The third kappa shape index (κ3) is 2.59. The molecule has 1 aromatic rings. The van der Waals surface area contributed by atoms with Crippen LogP contribution in [0.25, 0.3) is 0 Å². The van der Waals surface area contributed by atoms with E-state index < -0.39 is 0 Å². The van der Waals surface area contributed by atoms with Gasteiger partial charge in [-0.3, -0.25) is 14.4 Å². The SMILES string of the molecule is O=Cc1cc(C=O)c(S)c(C=O)c1.[Zn+2]. The second-order valence-corrected chi connectivity index (χ2v) is 2.85. The Morgan fingerprint density at radius 3 is 1.64 bits per heavy atom. The normalized spacial score (nSPS) is 8.64. The molecule has 0 heterocycles. The Hall–Kier alpha value is -0.797. The molecule has 0 saturated heterocycles. The molecule has 0 N–H and O–H groups in total. The van der Waals surface area contributed by atoms with E-state index in [4.69, 9.17) is 0 Å². The van der Waals surface area contributed by atoms with Gasteiger partial charge in [0.2, 0.25) is 0 Å². The van der Waals surface area contributed by atoms with Crippen LogP contribution in [0.2, 0.25) is 0 Å². The maximum Gasteiger partial charge on any atom is 2.00 e. The second-order valence-electron chi connectivity index (χ2n) is 2.40. The van der Waals surface area contributed by atoms with Gasteiger partial charge in [-0.1, -0.05) is 0 Å². The van der Waals surface area contributed by atoms with E-state index in [1.165, 1.54) is 12.1 Å². The molecule has 1 rings (SSSR count). The van der Waals surface area contributed by atoms with Gasteiger partial charge in [-0.25, -0.2) is 0 Å². The van der Waals surface area contributed by atoms with Crippen molar-refractivity contribution in [3.8, 4) is 0 Å². The summed E-state index contributed by atoms with van der Waals surface area (Å²) in [5, 5.41) is 0. The Labute approximate surface area is 99.0 Å². The van der Waals surface area contributed by atoms with Crippen LogP contribution < -0.4 is 0 Å². The molecule has 14 heavy (non-hydrogen) atoms. The van der Waals surface area contributed by atoms with Crippen molar-refractivity contribution in [2.75, 3.05) is 0 Å². The Morgan fingerprint density at radius 2 is 1.36 bits per heavy atom. The Kier molecular flexibility index (Phi) is 5.50. The minimum Gasteiger partial charge on any atom is -0.298 e. The van der Waals surface area contributed by atoms with Crippen molar-refractivity contribution < 1.29 is 33.9 Å². The van der Waals surface area contributed by atoms with Crippen molar-refractivity contribution in [3.05, 3.63) is 28.8 Å². The number of hydrogen-bond acceptors (Lipinski definition) is 4. The number of aldehydes is 3. The molecule has 0 spiro atoms. The fraction of sp³-hybridized carbons (Fsp3) is 0. The molecule has 0 atom stereocenters. The van der Waals surface area contributed by atoms with E-state index in [-0.39, 0.29) is 30.6 Å². The van der Waals surface area contributed by atoms with Crippen molar-refractivity contribution in [2.24, 2.45) is 0 Å². The summed E-state index contributed by atoms with van der Waals surface area (Å²) in [6.45, 7) is 0. The summed E-state index contributed by atoms with van der Waals surface area (Å²) in [6.07, 6.45) is 1.69. The molecule has 5 heteroatoms. The number of hydrogen-bond donors (Lipinski definition) is 1. The molecule has 0 unspecified atom stereocenters. The van der Waals surface area contributed by atoms with Crippen LogP contribution in [0.15, 0.2) is 17.0 Å². The first-order chi connectivity index (χ1) is 6.22. The van der Waals surface area contributed by atoms with E-state index in [1.54, 1.807) is 0 Å². The van der Waals surface area contributed by atoms with Crippen molar-refractivity contribution >= 4 is 31.5 Å². The number of carbonyl (C=O) groups is 3. The molecule has 1 aromatic carbocycles. The fourth-order valence-electron chi connectivity index (χ4n) is 0.952. The van der Waals surface area contributed by atoms with E-state index in [9.17, 15) is 14.4 Å². The fourth-order valence-corrected chi connectivity index (χ4v) is 1.19. The van der Waals surface area contributed by atoms with Crippen LogP contribution in [-0.2, 0) is 19.5 Å². The summed E-state index contributed by atoms with van der Waals surface area (Å²) < 4.78 is 0. The van der Waals surface area contributed by atoms with Crippen LogP contribution in [0.4, 0.5) is 0 Å². The predicted octanol–water partition coefficient (Wildman–Crippen LogP) is 1.41. The molecule has 0 aromatic heterocycles. The first-order valence-corrected chi connectivity index (χ1v) is 3.90. The van der Waals surface area contributed by atoms with Gasteiger partial charge in [0.05, 0.1) is 0 Å². The third-order valence-corrected chi connectivity index (χ3v) is 2.10. The Balaban J connectivity index is 0.00000169. The van der Waals surface area contributed by atoms with Gasteiger partial charge in [-0.05, 0) is 12.1 Å². The van der Waals surface area contributed by atoms with E-state index >= 15 is 0 Å². The summed E-state index contributed by atoms with van der Waals surface area (Å²) in [7, 11) is 0. The summed E-state index contributed by atoms with van der Waals surface area (Å²) in [5.74, 6) is 0. The Morgan fingerprint density at radius 1 is 0.929 bits per heavy atom. The molecule has 0 radical (unpaired) electrons. The van der Waals surface area contributed by atoms with E-state index in [0.29, 0.717) is 29.3 Å². The molecule has 66 valence electrons. The van der Waals surface area contributed by atoms with Gasteiger partial charge < -0.3 is 0 Å². The zero-order valence-corrected chi connectivity index (χ0v) is 11.1. The summed E-state index contributed by atoms with van der Waals surface area (Å²) >= 11 is 3.98. The van der Waals surface area contributed by atoms with Crippen LogP contribution in [-0.4, -0.2) is 18.9 Å². The zero-order valence-electron chi connectivity index (χ0n) is 7.27. The molecular weight excluding hydrogens is 254 g/mol. The smallest absolute Gasteiger partial charge is 0.298 e. The van der Waals surface area contributed by atoms with E-state index in [1.807, 2.05) is 0 Å². The number of benzene rings is 1. The van der Waals surface area contributed by atoms with Crippen molar-refractivity contribution in [2.45, 2.75) is 4.90 Å². The van der Waals surface area contributed by atoms with Gasteiger partial charge in [-0.15, -0.1) is 12.6 Å². The molecule has 0 fully saturated rings. The minimum atomic E-state index is 0. The third-order valence-electron chi connectivity index (χ3n) is 1.58. The van der Waals surface area contributed by atoms with Crippen LogP contribution in [0.5, 0.6) is 0 Å². The number of rotatable bonds is 3. The van der Waals surface area contributed by atoms with Crippen LogP contribution in [0, 0.1) is 0 Å². The average Bonchev–Trinajstić information content (AvgIpc) is 2.18. The predicted molar refractivity (Wildman–Crippen MR) is 49.9 cm³/mol. The minimum absolute atomic E-state index is 0. The van der Waals surface area contributed by atoms with Crippen molar-refractivity contribution in [3.63, 3.8) is 0 Å². The number of thiol groups is 1. The number of carbonyl (C=O) groups excluding carboxylic acids is 3. The molecule has 3 nitrogen and oxygen atoms in total. The first-order valence-electron chi connectivity index (χ1n) is 3.45. The Bertz CT molecular complexity index is 347. The van der Waals surface area contributed by atoms with E-state index in [2.05, 4.69) is 12.6 Å². The summed E-state index contributed by atoms with van der Waals surface area (Å²) in [6, 6.07) is 2.77. The van der Waals surface area contributed by atoms with Crippen LogP contribution >= 0.6 is 12.6 Å². The first kappa shape index (κ1) is 13.2. The van der Waals surface area contributed by atoms with Gasteiger partial charge in [0, 0.05) is 21.6 Å². The van der Waals surface area contributed by atoms with Gasteiger partial charge >= 0.3 is 19.5 Å². The molecule has 0 saturated carbocycles. The topological polar surface area (TPSA) is 51.2 Å². The molecule has 0 bridgehead atoms. The van der Waals surface area contributed by atoms with Gasteiger partial charge in [-0.2, -0.15) is 0 Å². The largest absolute Gasteiger partial charge is 2.00 e. The summed E-state index contributed by atoms with van der Waals surface area (Å²) in [5.41, 5.74) is 0.784. The van der Waals surface area contributed by atoms with Gasteiger partial charge in [0.1, 0.15) is 6.29 Å². The standard InChI is InChI=1S/C9H6O3S.Zn/c10-3-6-1-7(4-11)9(13)8(2-6)5-12;/h1-5,13H;/q;+2. The van der Waals surface area contributed by atoms with Gasteiger partial charge in [0.15, 0.2) is 12.6 Å². The van der Waals surface area contributed by atoms with Crippen molar-refractivity contribution in [1.82, 2.24) is 0 Å².